The Labute approximate surface area is 181 Å². The number of rotatable bonds is 5. The van der Waals surface area contributed by atoms with Crippen molar-refractivity contribution in [1.82, 2.24) is 19.3 Å². The monoisotopic (exact) mass is 439 g/mol. The van der Waals surface area contributed by atoms with E-state index in [9.17, 15) is 13.2 Å². The molecule has 9 heteroatoms. The summed E-state index contributed by atoms with van der Waals surface area (Å²) in [6.07, 6.45) is 4.23. The van der Waals surface area contributed by atoms with Crippen molar-refractivity contribution < 1.29 is 13.2 Å². The molecule has 162 valence electrons. The SMILES string of the molecule is Cc1ccc(S(=O)(=O)N2CCC(C(=O)Nc3ccccc3-n3ccnn3)CC2)cc1C. The molecular formula is C22H25N5O3S. The predicted molar refractivity (Wildman–Crippen MR) is 117 cm³/mol. The van der Waals surface area contributed by atoms with Crippen molar-refractivity contribution in [3.63, 3.8) is 0 Å². The van der Waals surface area contributed by atoms with E-state index in [-0.39, 0.29) is 11.8 Å². The number of para-hydroxylation sites is 2. The Balaban J connectivity index is 1.42. The second-order valence-electron chi connectivity index (χ2n) is 7.78. The van der Waals surface area contributed by atoms with E-state index < -0.39 is 10.0 Å². The average molecular weight is 440 g/mol. The number of piperidine rings is 1. The van der Waals surface area contributed by atoms with Crippen molar-refractivity contribution in [1.29, 1.82) is 0 Å². The highest BCUT2D eigenvalue weighted by molar-refractivity contribution is 7.89. The third kappa shape index (κ3) is 4.38. The minimum atomic E-state index is -3.56. The van der Waals surface area contributed by atoms with Crippen LogP contribution >= 0.6 is 0 Å². The normalized spacial score (nSPS) is 15.7. The van der Waals surface area contributed by atoms with Gasteiger partial charge in [0.05, 0.1) is 28.7 Å². The molecule has 1 fully saturated rings. The number of hydrogen-bond donors (Lipinski definition) is 1. The van der Waals surface area contributed by atoms with Crippen LogP contribution in [0.2, 0.25) is 0 Å². The average Bonchev–Trinajstić information content (AvgIpc) is 3.31. The molecule has 0 bridgehead atoms. The molecule has 1 N–H and O–H groups in total. The molecule has 0 unspecified atom stereocenters. The zero-order chi connectivity index (χ0) is 22.0. The van der Waals surface area contributed by atoms with E-state index >= 15 is 0 Å². The molecule has 0 aliphatic carbocycles. The first-order chi connectivity index (χ1) is 14.9. The number of nitrogens with zero attached hydrogens (tertiary/aromatic N) is 4. The third-order valence-electron chi connectivity index (χ3n) is 5.77. The highest BCUT2D eigenvalue weighted by atomic mass is 32.2. The summed E-state index contributed by atoms with van der Waals surface area (Å²) >= 11 is 0. The zero-order valence-corrected chi connectivity index (χ0v) is 18.3. The summed E-state index contributed by atoms with van der Waals surface area (Å²) in [5, 5.41) is 10.8. The fourth-order valence-corrected chi connectivity index (χ4v) is 5.29. The van der Waals surface area contributed by atoms with Crippen LogP contribution in [0.15, 0.2) is 59.8 Å². The van der Waals surface area contributed by atoms with Crippen LogP contribution in [0, 0.1) is 19.8 Å². The Bertz CT molecular complexity index is 1180. The van der Waals surface area contributed by atoms with Gasteiger partial charge in [0.1, 0.15) is 0 Å². The van der Waals surface area contributed by atoms with E-state index in [1.807, 2.05) is 44.2 Å². The number of aromatic nitrogens is 3. The molecule has 0 saturated carbocycles. The van der Waals surface area contributed by atoms with Gasteiger partial charge < -0.3 is 5.32 Å². The van der Waals surface area contributed by atoms with Gasteiger partial charge in [0.25, 0.3) is 0 Å². The van der Waals surface area contributed by atoms with E-state index in [4.69, 9.17) is 0 Å². The molecule has 2 aromatic carbocycles. The fraction of sp³-hybridized carbons (Fsp3) is 0.318. The fourth-order valence-electron chi connectivity index (χ4n) is 3.73. The second-order valence-corrected chi connectivity index (χ2v) is 9.72. The molecule has 1 aliphatic rings. The quantitative estimate of drug-likeness (QED) is 0.659. The van der Waals surface area contributed by atoms with Crippen molar-refractivity contribution >= 4 is 21.6 Å². The lowest BCUT2D eigenvalue weighted by Crippen LogP contribution is -2.41. The molecule has 3 aromatic rings. The Morgan fingerprint density at radius 2 is 1.81 bits per heavy atom. The van der Waals surface area contributed by atoms with Gasteiger partial charge in [-0.25, -0.2) is 13.1 Å². The van der Waals surface area contributed by atoms with Crippen molar-refractivity contribution in [2.75, 3.05) is 18.4 Å². The Morgan fingerprint density at radius 3 is 2.48 bits per heavy atom. The van der Waals surface area contributed by atoms with Crippen LogP contribution in [0.3, 0.4) is 0 Å². The van der Waals surface area contributed by atoms with Crippen molar-refractivity contribution in [3.8, 4) is 5.69 Å². The molecule has 8 nitrogen and oxygen atoms in total. The van der Waals surface area contributed by atoms with Crippen LogP contribution in [-0.4, -0.2) is 46.7 Å². The summed E-state index contributed by atoms with van der Waals surface area (Å²) in [4.78, 5) is 13.2. The van der Waals surface area contributed by atoms with Crippen LogP contribution in [0.4, 0.5) is 5.69 Å². The number of aryl methyl sites for hydroxylation is 2. The maximum atomic E-state index is 13.0. The summed E-state index contributed by atoms with van der Waals surface area (Å²) in [6.45, 7) is 4.50. The van der Waals surface area contributed by atoms with Crippen molar-refractivity contribution in [2.24, 2.45) is 5.92 Å². The standard InChI is InChI=1S/C22H25N5O3S/c1-16-7-8-19(15-17(16)2)31(29,30)26-12-9-18(10-13-26)22(28)24-20-5-3-4-6-21(20)27-14-11-23-25-27/h3-8,11,14-15,18H,9-10,12-13H2,1-2H3,(H,24,28). The minimum absolute atomic E-state index is 0.115. The summed E-state index contributed by atoms with van der Waals surface area (Å²) in [6, 6.07) is 12.6. The van der Waals surface area contributed by atoms with Crippen LogP contribution < -0.4 is 5.32 Å². The Morgan fingerprint density at radius 1 is 1.06 bits per heavy atom. The number of amides is 1. The molecule has 1 aliphatic heterocycles. The summed E-state index contributed by atoms with van der Waals surface area (Å²) in [5.41, 5.74) is 3.37. The number of nitrogens with one attached hydrogen (secondary N) is 1. The molecular weight excluding hydrogens is 414 g/mol. The molecule has 1 saturated heterocycles. The van der Waals surface area contributed by atoms with Crippen LogP contribution in [0.5, 0.6) is 0 Å². The van der Waals surface area contributed by atoms with Gasteiger partial charge in [-0.05, 0) is 62.1 Å². The minimum Gasteiger partial charge on any atom is -0.324 e. The molecule has 4 rings (SSSR count). The first-order valence-electron chi connectivity index (χ1n) is 10.2. The number of anilines is 1. The first kappa shape index (κ1) is 21.2. The van der Waals surface area contributed by atoms with E-state index in [0.717, 1.165) is 16.8 Å². The lowest BCUT2D eigenvalue weighted by molar-refractivity contribution is -0.120. The predicted octanol–water partition coefficient (Wildman–Crippen LogP) is 2.92. The molecule has 1 aromatic heterocycles. The lowest BCUT2D eigenvalue weighted by Gasteiger charge is -2.30. The maximum absolute atomic E-state index is 13.0. The highest BCUT2D eigenvalue weighted by Crippen LogP contribution is 2.27. The van der Waals surface area contributed by atoms with Crippen molar-refractivity contribution in [3.05, 3.63) is 66.0 Å². The highest BCUT2D eigenvalue weighted by Gasteiger charge is 2.32. The van der Waals surface area contributed by atoms with Gasteiger partial charge in [-0.15, -0.1) is 5.10 Å². The molecule has 0 spiro atoms. The van der Waals surface area contributed by atoms with Crippen LogP contribution in [0.1, 0.15) is 24.0 Å². The van der Waals surface area contributed by atoms with Gasteiger partial charge in [-0.1, -0.05) is 23.4 Å². The third-order valence-corrected chi connectivity index (χ3v) is 7.67. The Kier molecular flexibility index (Phi) is 5.88. The van der Waals surface area contributed by atoms with Crippen LogP contribution in [-0.2, 0) is 14.8 Å². The topological polar surface area (TPSA) is 97.2 Å². The van der Waals surface area contributed by atoms with Gasteiger partial charge in [-0.2, -0.15) is 4.31 Å². The summed E-state index contributed by atoms with van der Waals surface area (Å²) < 4.78 is 29.1. The van der Waals surface area contributed by atoms with E-state index in [2.05, 4.69) is 15.6 Å². The smallest absolute Gasteiger partial charge is 0.243 e. The number of benzene rings is 2. The second kappa shape index (κ2) is 8.60. The van der Waals surface area contributed by atoms with Gasteiger partial charge in [-0.3, -0.25) is 4.79 Å². The molecule has 2 heterocycles. The molecule has 0 radical (unpaired) electrons. The van der Waals surface area contributed by atoms with E-state index in [1.54, 1.807) is 29.2 Å². The number of carbonyl (C=O) groups is 1. The van der Waals surface area contributed by atoms with E-state index in [1.165, 1.54) is 4.31 Å². The van der Waals surface area contributed by atoms with E-state index in [0.29, 0.717) is 36.5 Å². The number of sulfonamides is 1. The maximum Gasteiger partial charge on any atom is 0.243 e. The summed E-state index contributed by atoms with van der Waals surface area (Å²) in [5.74, 6) is -0.370. The number of hydrogen-bond acceptors (Lipinski definition) is 5. The van der Waals surface area contributed by atoms with Gasteiger partial charge in [0, 0.05) is 19.0 Å². The largest absolute Gasteiger partial charge is 0.324 e. The van der Waals surface area contributed by atoms with Crippen molar-refractivity contribution in [2.45, 2.75) is 31.6 Å². The Hall–Kier alpha value is -3.04. The molecule has 1 amide bonds. The zero-order valence-electron chi connectivity index (χ0n) is 17.5. The van der Waals surface area contributed by atoms with Gasteiger partial charge in [0.2, 0.25) is 15.9 Å². The number of carbonyl (C=O) groups excluding carboxylic acids is 1. The molecule has 31 heavy (non-hydrogen) atoms. The van der Waals surface area contributed by atoms with Crippen LogP contribution in [0.25, 0.3) is 5.69 Å². The van der Waals surface area contributed by atoms with Gasteiger partial charge >= 0.3 is 0 Å². The lowest BCUT2D eigenvalue weighted by atomic mass is 9.97. The molecule has 0 atom stereocenters. The first-order valence-corrected chi connectivity index (χ1v) is 11.6. The summed E-state index contributed by atoms with van der Waals surface area (Å²) in [7, 11) is -3.56. The van der Waals surface area contributed by atoms with Gasteiger partial charge in [0.15, 0.2) is 0 Å².